The van der Waals surface area contributed by atoms with Crippen molar-refractivity contribution in [1.29, 1.82) is 0 Å². The highest BCUT2D eigenvalue weighted by molar-refractivity contribution is 5.52. The van der Waals surface area contributed by atoms with Crippen LogP contribution in [-0.2, 0) is 12.6 Å². The second-order valence-corrected chi connectivity index (χ2v) is 16.1. The highest BCUT2D eigenvalue weighted by Gasteiger charge is 2.44. The van der Waals surface area contributed by atoms with Crippen LogP contribution in [0, 0.1) is 5.41 Å². The van der Waals surface area contributed by atoms with Gasteiger partial charge in [-0.1, -0.05) is 26.0 Å². The van der Waals surface area contributed by atoms with Gasteiger partial charge in [0, 0.05) is 61.8 Å². The van der Waals surface area contributed by atoms with Crippen LogP contribution in [0.1, 0.15) is 135 Å². The normalized spacial score (nSPS) is 23.8. The summed E-state index contributed by atoms with van der Waals surface area (Å²) in [6.45, 7) is 6.63. The Balaban J connectivity index is 1.25. The number of benzene rings is 1. The highest BCUT2D eigenvalue weighted by atomic mass is 19.4. The number of aliphatic hydroxyl groups is 2. The molecule has 0 bridgehead atoms. The lowest BCUT2D eigenvalue weighted by Crippen LogP contribution is -2.37. The van der Waals surface area contributed by atoms with E-state index in [-0.39, 0.29) is 54.2 Å². The summed E-state index contributed by atoms with van der Waals surface area (Å²) in [6, 6.07) is 4.02. The lowest BCUT2D eigenvalue weighted by atomic mass is 9.68. The molecule has 2 aliphatic heterocycles. The van der Waals surface area contributed by atoms with E-state index in [0.29, 0.717) is 80.1 Å². The fourth-order valence-electron chi connectivity index (χ4n) is 8.83. The third-order valence-electron chi connectivity index (χ3n) is 11.7. The molecule has 2 saturated heterocycles. The molecule has 3 aromatic rings. The van der Waals surface area contributed by atoms with Crippen molar-refractivity contribution in [3.05, 3.63) is 75.9 Å². The predicted molar refractivity (Wildman–Crippen MR) is 186 cm³/mol. The molecular weight excluding hydrogens is 684 g/mol. The highest BCUT2D eigenvalue weighted by Crippen LogP contribution is 2.52. The molecule has 4 heterocycles. The molecule has 0 amide bonds. The fourth-order valence-corrected chi connectivity index (χ4v) is 8.83. The van der Waals surface area contributed by atoms with Gasteiger partial charge < -0.3 is 20.0 Å². The standard InChI is InChI=1S/C39H47F6N5O2/c1-37(2)19-29-32(30(52)20-37)31(23-7-13-38(41,42)14-8-23)33(34(40)24-3-5-26(6-4-24)39(43,44)45)35(48-29)25-9-15-50(16-10-25)36-46-21-27(22-47-36)49-17-11-28(51)12-18-49/h3-6,21-23,25,28,30,34,51-52H,7-20H2,1-2H3. The van der Waals surface area contributed by atoms with E-state index in [1.807, 2.05) is 13.8 Å². The second kappa shape index (κ2) is 14.1. The predicted octanol–water partition coefficient (Wildman–Crippen LogP) is 8.59. The smallest absolute Gasteiger partial charge is 0.393 e. The molecule has 2 unspecified atom stereocenters. The molecule has 0 spiro atoms. The monoisotopic (exact) mass is 731 g/mol. The number of aromatic nitrogens is 3. The van der Waals surface area contributed by atoms with Crippen LogP contribution in [0.2, 0.25) is 0 Å². The molecule has 2 atom stereocenters. The summed E-state index contributed by atoms with van der Waals surface area (Å²) < 4.78 is 86.7. The lowest BCUT2D eigenvalue weighted by molar-refractivity contribution is -0.137. The van der Waals surface area contributed by atoms with Gasteiger partial charge in [-0.2, -0.15) is 13.2 Å². The molecule has 282 valence electrons. The minimum absolute atomic E-state index is 0.0261. The summed E-state index contributed by atoms with van der Waals surface area (Å²) in [7, 11) is 0. The number of alkyl halides is 6. The largest absolute Gasteiger partial charge is 0.416 e. The molecule has 1 saturated carbocycles. The minimum Gasteiger partial charge on any atom is -0.393 e. The van der Waals surface area contributed by atoms with Gasteiger partial charge in [-0.05, 0) is 86.0 Å². The Labute approximate surface area is 300 Å². The molecule has 2 N–H and O–H groups in total. The Hall–Kier alpha value is -3.45. The van der Waals surface area contributed by atoms with E-state index < -0.39 is 35.9 Å². The zero-order valence-corrected chi connectivity index (χ0v) is 29.6. The van der Waals surface area contributed by atoms with Crippen molar-refractivity contribution in [2.45, 2.75) is 120 Å². The topological polar surface area (TPSA) is 85.6 Å². The van der Waals surface area contributed by atoms with Crippen LogP contribution >= 0.6 is 0 Å². The Morgan fingerprint density at radius 3 is 2.00 bits per heavy atom. The van der Waals surface area contributed by atoms with Crippen molar-refractivity contribution in [2.24, 2.45) is 5.41 Å². The maximum Gasteiger partial charge on any atom is 0.416 e. The van der Waals surface area contributed by atoms with Crippen LogP contribution in [0.15, 0.2) is 36.7 Å². The molecule has 3 fully saturated rings. The van der Waals surface area contributed by atoms with E-state index in [2.05, 4.69) is 19.8 Å². The third kappa shape index (κ3) is 7.62. The number of nitrogens with zero attached hydrogens (tertiary/aromatic N) is 5. The van der Waals surface area contributed by atoms with E-state index in [1.54, 1.807) is 12.4 Å². The van der Waals surface area contributed by atoms with E-state index in [9.17, 15) is 32.2 Å². The lowest BCUT2D eigenvalue weighted by Gasteiger charge is -2.41. The summed E-state index contributed by atoms with van der Waals surface area (Å²) >= 11 is 0. The number of halogens is 6. The van der Waals surface area contributed by atoms with Gasteiger partial charge in [0.2, 0.25) is 11.9 Å². The minimum atomic E-state index is -4.59. The summed E-state index contributed by atoms with van der Waals surface area (Å²) in [5.41, 5.74) is 2.14. The molecular formula is C39H47F6N5O2. The maximum absolute atomic E-state index is 17.3. The molecule has 52 heavy (non-hydrogen) atoms. The molecule has 13 heteroatoms. The quantitative estimate of drug-likeness (QED) is 0.246. The van der Waals surface area contributed by atoms with E-state index in [1.165, 1.54) is 0 Å². The number of fused-ring (bicyclic) bond motifs is 1. The van der Waals surface area contributed by atoms with Crippen LogP contribution in [0.4, 0.5) is 38.0 Å². The average molecular weight is 732 g/mol. The second-order valence-electron chi connectivity index (χ2n) is 16.1. The zero-order valence-electron chi connectivity index (χ0n) is 29.6. The van der Waals surface area contributed by atoms with Crippen LogP contribution in [0.5, 0.6) is 0 Å². The van der Waals surface area contributed by atoms with Crippen LogP contribution in [0.3, 0.4) is 0 Å². The summed E-state index contributed by atoms with van der Waals surface area (Å²) in [6.07, 6.45) is -1.21. The molecule has 2 aromatic heterocycles. The number of aliphatic hydroxyl groups excluding tert-OH is 2. The first-order valence-electron chi connectivity index (χ1n) is 18.5. The van der Waals surface area contributed by atoms with Crippen LogP contribution < -0.4 is 9.80 Å². The SMILES string of the molecule is CC1(C)Cc2nc(C3CCN(c4ncc(N5CCC(O)CC5)cn4)CC3)c(C(F)c3ccc(C(F)(F)F)cc3)c(C3CCC(F)(F)CC3)c2C(O)C1. The van der Waals surface area contributed by atoms with Gasteiger partial charge in [0.1, 0.15) is 0 Å². The van der Waals surface area contributed by atoms with Crippen molar-refractivity contribution in [3.8, 4) is 0 Å². The van der Waals surface area contributed by atoms with Gasteiger partial charge in [-0.25, -0.2) is 23.1 Å². The molecule has 0 radical (unpaired) electrons. The number of rotatable bonds is 6. The van der Waals surface area contributed by atoms with Gasteiger partial charge in [-0.3, -0.25) is 4.98 Å². The molecule has 4 aliphatic rings. The summed E-state index contributed by atoms with van der Waals surface area (Å²) in [5, 5.41) is 21.5. The number of piperidine rings is 2. The van der Waals surface area contributed by atoms with Crippen molar-refractivity contribution < 1.29 is 36.6 Å². The first kappa shape index (κ1) is 36.9. The number of hydrogen-bond donors (Lipinski definition) is 2. The average Bonchev–Trinajstić information content (AvgIpc) is 3.10. The first-order valence-corrected chi connectivity index (χ1v) is 18.5. The number of pyridine rings is 1. The molecule has 7 rings (SSSR count). The van der Waals surface area contributed by atoms with Crippen molar-refractivity contribution in [2.75, 3.05) is 36.0 Å². The molecule has 2 aliphatic carbocycles. The van der Waals surface area contributed by atoms with Gasteiger partial charge >= 0.3 is 6.18 Å². The summed E-state index contributed by atoms with van der Waals surface area (Å²) in [4.78, 5) is 18.6. The van der Waals surface area contributed by atoms with E-state index in [4.69, 9.17) is 4.98 Å². The van der Waals surface area contributed by atoms with Gasteiger partial charge in [0.05, 0.1) is 41.5 Å². The Morgan fingerprint density at radius 1 is 0.808 bits per heavy atom. The fraction of sp³-hybridized carbons (Fsp3) is 0.615. The summed E-state index contributed by atoms with van der Waals surface area (Å²) in [5.74, 6) is -2.95. The Morgan fingerprint density at radius 2 is 1.40 bits per heavy atom. The first-order chi connectivity index (χ1) is 24.6. The van der Waals surface area contributed by atoms with E-state index in [0.717, 1.165) is 43.0 Å². The van der Waals surface area contributed by atoms with Crippen molar-refractivity contribution >= 4 is 11.6 Å². The third-order valence-corrected chi connectivity index (χ3v) is 11.7. The molecule has 7 nitrogen and oxygen atoms in total. The van der Waals surface area contributed by atoms with E-state index >= 15 is 4.39 Å². The van der Waals surface area contributed by atoms with Gasteiger partial charge in [-0.15, -0.1) is 0 Å². The Bertz CT molecular complexity index is 1710. The van der Waals surface area contributed by atoms with Crippen molar-refractivity contribution in [3.63, 3.8) is 0 Å². The number of anilines is 2. The maximum atomic E-state index is 17.3. The van der Waals surface area contributed by atoms with Gasteiger partial charge in [0.15, 0.2) is 6.17 Å². The van der Waals surface area contributed by atoms with Crippen LogP contribution in [-0.4, -0.2) is 63.4 Å². The van der Waals surface area contributed by atoms with Crippen LogP contribution in [0.25, 0.3) is 0 Å². The molecule has 1 aromatic carbocycles. The zero-order chi connectivity index (χ0) is 37.0. The number of hydrogen-bond acceptors (Lipinski definition) is 7. The Kier molecular flexibility index (Phi) is 9.99. The van der Waals surface area contributed by atoms with Crippen molar-refractivity contribution in [1.82, 2.24) is 15.0 Å². The van der Waals surface area contributed by atoms with Gasteiger partial charge in [0.25, 0.3) is 0 Å².